The summed E-state index contributed by atoms with van der Waals surface area (Å²) in [5.74, 6) is 1.39. The van der Waals surface area contributed by atoms with Gasteiger partial charge in [0.2, 0.25) is 5.89 Å². The lowest BCUT2D eigenvalue weighted by Gasteiger charge is -2.35. The second-order valence-corrected chi connectivity index (χ2v) is 5.93. The van der Waals surface area contributed by atoms with Gasteiger partial charge in [0.1, 0.15) is 16.9 Å². The summed E-state index contributed by atoms with van der Waals surface area (Å²) < 4.78 is 10.2. The van der Waals surface area contributed by atoms with Crippen molar-refractivity contribution < 1.29 is 13.8 Å². The van der Waals surface area contributed by atoms with Gasteiger partial charge in [-0.1, -0.05) is 29.6 Å². The summed E-state index contributed by atoms with van der Waals surface area (Å²) in [4.78, 5) is 17.1. The van der Waals surface area contributed by atoms with Crippen LogP contribution in [0.15, 0.2) is 9.05 Å². The Morgan fingerprint density at radius 2 is 1.82 bits per heavy atom. The normalized spacial score (nSPS) is 17.4. The van der Waals surface area contributed by atoms with Gasteiger partial charge in [0.15, 0.2) is 5.82 Å². The number of carbonyl (C=O) groups is 1. The van der Waals surface area contributed by atoms with Crippen LogP contribution in [0.4, 0.5) is 0 Å². The minimum absolute atomic E-state index is 0.194. The molecule has 0 bridgehead atoms. The Labute approximate surface area is 128 Å². The van der Waals surface area contributed by atoms with E-state index in [0.717, 1.165) is 32.1 Å². The molecule has 1 aliphatic carbocycles. The largest absolute Gasteiger partial charge is 0.361 e. The lowest BCUT2D eigenvalue weighted by Crippen LogP contribution is -2.48. The number of hydrogen-bond donors (Lipinski definition) is 1. The molecule has 0 radical (unpaired) electrons. The summed E-state index contributed by atoms with van der Waals surface area (Å²) in [5.41, 5.74) is 0.513. The van der Waals surface area contributed by atoms with Gasteiger partial charge in [-0.25, -0.2) is 0 Å². The molecule has 7 nitrogen and oxygen atoms in total. The van der Waals surface area contributed by atoms with Crippen LogP contribution in [0.25, 0.3) is 0 Å². The molecule has 118 valence electrons. The Morgan fingerprint density at radius 1 is 1.09 bits per heavy atom. The number of amides is 1. The third kappa shape index (κ3) is 2.51. The lowest BCUT2D eigenvalue weighted by molar-refractivity contribution is 0.0853. The zero-order valence-electron chi connectivity index (χ0n) is 13.1. The summed E-state index contributed by atoms with van der Waals surface area (Å²) in [6.07, 6.45) is 4.81. The number of nitrogens with zero attached hydrogens (tertiary/aromatic N) is 3. The predicted octanol–water partition coefficient (Wildman–Crippen LogP) is 2.57. The van der Waals surface area contributed by atoms with Crippen molar-refractivity contribution in [3.05, 3.63) is 28.7 Å². The average Bonchev–Trinajstić information content (AvgIpc) is 3.06. The number of rotatable bonds is 3. The summed E-state index contributed by atoms with van der Waals surface area (Å²) in [7, 11) is 0. The maximum Gasteiger partial charge on any atom is 0.257 e. The molecule has 1 saturated carbocycles. The molecule has 1 aliphatic rings. The molecule has 0 spiro atoms. The monoisotopic (exact) mass is 304 g/mol. The van der Waals surface area contributed by atoms with E-state index in [4.69, 9.17) is 9.05 Å². The van der Waals surface area contributed by atoms with Crippen molar-refractivity contribution in [3.63, 3.8) is 0 Å². The SMILES string of the molecule is Cc1nc(C2(NC(=O)c3c(C)noc3C)CCCCC2)no1. The minimum atomic E-state index is -0.566. The van der Waals surface area contributed by atoms with Gasteiger partial charge in [-0.2, -0.15) is 4.98 Å². The van der Waals surface area contributed by atoms with Crippen LogP contribution >= 0.6 is 0 Å². The smallest absolute Gasteiger partial charge is 0.257 e. The van der Waals surface area contributed by atoms with E-state index >= 15 is 0 Å². The molecule has 2 heterocycles. The van der Waals surface area contributed by atoms with E-state index in [0.29, 0.717) is 28.7 Å². The number of aromatic nitrogens is 3. The van der Waals surface area contributed by atoms with Crippen LogP contribution in [0.3, 0.4) is 0 Å². The third-order valence-electron chi connectivity index (χ3n) is 4.28. The van der Waals surface area contributed by atoms with E-state index in [1.165, 1.54) is 0 Å². The Morgan fingerprint density at radius 3 is 2.36 bits per heavy atom. The molecule has 0 aliphatic heterocycles. The molecule has 0 aromatic carbocycles. The molecule has 0 atom stereocenters. The van der Waals surface area contributed by atoms with Crippen LogP contribution in [-0.2, 0) is 5.54 Å². The number of hydrogen-bond acceptors (Lipinski definition) is 6. The first kappa shape index (κ1) is 14.7. The van der Waals surface area contributed by atoms with Gasteiger partial charge in [-0.3, -0.25) is 4.79 Å². The Balaban J connectivity index is 1.92. The Bertz CT molecular complexity index is 663. The molecular formula is C15H20N4O3. The number of aryl methyl sites for hydroxylation is 3. The zero-order valence-corrected chi connectivity index (χ0v) is 13.1. The fraction of sp³-hybridized carbons (Fsp3) is 0.600. The fourth-order valence-corrected chi connectivity index (χ4v) is 3.14. The summed E-state index contributed by atoms with van der Waals surface area (Å²) in [6, 6.07) is 0. The van der Waals surface area contributed by atoms with Crippen molar-refractivity contribution in [1.29, 1.82) is 0 Å². The standard InChI is InChI=1S/C15H20N4O3/c1-9-12(10(2)21-18-9)13(20)17-15(7-5-4-6-8-15)14-16-11(3)22-19-14/h4-8H2,1-3H3,(H,17,20). The highest BCUT2D eigenvalue weighted by Gasteiger charge is 2.40. The lowest BCUT2D eigenvalue weighted by atomic mass is 9.80. The van der Waals surface area contributed by atoms with Gasteiger partial charge in [-0.05, 0) is 26.7 Å². The summed E-state index contributed by atoms with van der Waals surface area (Å²) in [5, 5.41) is 11.0. The van der Waals surface area contributed by atoms with Gasteiger partial charge < -0.3 is 14.4 Å². The number of nitrogens with one attached hydrogen (secondary N) is 1. The molecule has 1 N–H and O–H groups in total. The van der Waals surface area contributed by atoms with Gasteiger partial charge in [0, 0.05) is 6.92 Å². The van der Waals surface area contributed by atoms with Crippen LogP contribution in [0, 0.1) is 20.8 Å². The van der Waals surface area contributed by atoms with E-state index in [-0.39, 0.29) is 5.91 Å². The highest BCUT2D eigenvalue weighted by Crippen LogP contribution is 2.36. The molecule has 1 fully saturated rings. The predicted molar refractivity (Wildman–Crippen MR) is 77.2 cm³/mol. The molecule has 1 amide bonds. The van der Waals surface area contributed by atoms with Gasteiger partial charge in [-0.15, -0.1) is 0 Å². The quantitative estimate of drug-likeness (QED) is 0.936. The van der Waals surface area contributed by atoms with Gasteiger partial charge in [0.25, 0.3) is 5.91 Å². The van der Waals surface area contributed by atoms with Crippen LogP contribution in [0.5, 0.6) is 0 Å². The van der Waals surface area contributed by atoms with E-state index in [9.17, 15) is 4.79 Å². The van der Waals surface area contributed by atoms with E-state index < -0.39 is 5.54 Å². The van der Waals surface area contributed by atoms with Crippen LogP contribution in [0.2, 0.25) is 0 Å². The molecular weight excluding hydrogens is 284 g/mol. The average molecular weight is 304 g/mol. The fourth-order valence-electron chi connectivity index (χ4n) is 3.14. The molecule has 0 saturated heterocycles. The van der Waals surface area contributed by atoms with Crippen molar-refractivity contribution >= 4 is 5.91 Å². The van der Waals surface area contributed by atoms with Crippen molar-refractivity contribution in [1.82, 2.24) is 20.6 Å². The number of carbonyl (C=O) groups excluding carboxylic acids is 1. The van der Waals surface area contributed by atoms with Crippen LogP contribution < -0.4 is 5.32 Å². The van der Waals surface area contributed by atoms with Crippen molar-refractivity contribution in [2.45, 2.75) is 58.4 Å². The van der Waals surface area contributed by atoms with E-state index in [2.05, 4.69) is 20.6 Å². The molecule has 3 rings (SSSR count). The Hall–Kier alpha value is -2.18. The first-order chi connectivity index (χ1) is 10.5. The topological polar surface area (TPSA) is 94.1 Å². The summed E-state index contributed by atoms with van der Waals surface area (Å²) in [6.45, 7) is 5.25. The van der Waals surface area contributed by atoms with Gasteiger partial charge >= 0.3 is 0 Å². The summed E-state index contributed by atoms with van der Waals surface area (Å²) >= 11 is 0. The van der Waals surface area contributed by atoms with Gasteiger partial charge in [0.05, 0.1) is 5.69 Å². The van der Waals surface area contributed by atoms with E-state index in [1.54, 1.807) is 20.8 Å². The van der Waals surface area contributed by atoms with Crippen LogP contribution in [-0.4, -0.2) is 21.2 Å². The minimum Gasteiger partial charge on any atom is -0.361 e. The third-order valence-corrected chi connectivity index (χ3v) is 4.28. The van der Waals surface area contributed by atoms with Crippen LogP contribution in [0.1, 0.15) is 65.6 Å². The molecule has 7 heteroatoms. The molecule has 2 aromatic rings. The molecule has 22 heavy (non-hydrogen) atoms. The maximum absolute atomic E-state index is 12.7. The highest BCUT2D eigenvalue weighted by atomic mass is 16.5. The molecule has 0 unspecified atom stereocenters. The Kier molecular flexibility index (Phi) is 3.72. The first-order valence-electron chi connectivity index (χ1n) is 7.58. The second kappa shape index (κ2) is 5.55. The first-order valence-corrected chi connectivity index (χ1v) is 7.58. The second-order valence-electron chi connectivity index (χ2n) is 5.93. The van der Waals surface area contributed by atoms with Crippen molar-refractivity contribution in [2.24, 2.45) is 0 Å². The van der Waals surface area contributed by atoms with Crippen molar-refractivity contribution in [2.75, 3.05) is 0 Å². The molecule has 2 aromatic heterocycles. The maximum atomic E-state index is 12.7. The highest BCUT2D eigenvalue weighted by molar-refractivity contribution is 5.96. The van der Waals surface area contributed by atoms with Crippen molar-refractivity contribution in [3.8, 4) is 0 Å². The van der Waals surface area contributed by atoms with E-state index in [1.807, 2.05) is 0 Å². The zero-order chi connectivity index (χ0) is 15.7.